The largest absolute Gasteiger partial charge is 0.481 e. The molecule has 118 valence electrons. The molecule has 0 aromatic carbocycles. The summed E-state index contributed by atoms with van der Waals surface area (Å²) < 4.78 is 0.566. The van der Waals surface area contributed by atoms with Gasteiger partial charge in [0.25, 0.3) is 0 Å². The number of nitrogens with one attached hydrogen (secondary N) is 1. The van der Waals surface area contributed by atoms with Crippen molar-refractivity contribution >= 4 is 33.6 Å². The minimum atomic E-state index is -0.797. The molecule has 7 heteroatoms. The highest BCUT2D eigenvalue weighted by atomic mass is 79.9. The molecule has 2 N–H and O–H groups in total. The van der Waals surface area contributed by atoms with E-state index in [9.17, 15) is 14.4 Å². The molecule has 1 aromatic heterocycles. The molecule has 1 heterocycles. The van der Waals surface area contributed by atoms with Crippen LogP contribution < -0.4 is 5.32 Å². The number of hydrogen-bond acceptors (Lipinski definition) is 4. The summed E-state index contributed by atoms with van der Waals surface area (Å²) in [6.45, 7) is -0.0961. The normalized spacial score (nSPS) is 21.1. The molecule has 0 atom stereocenters. The first-order chi connectivity index (χ1) is 10.5. The van der Waals surface area contributed by atoms with Crippen LogP contribution in [0.2, 0.25) is 0 Å². The van der Waals surface area contributed by atoms with Crippen LogP contribution in [-0.4, -0.2) is 34.3 Å². The van der Waals surface area contributed by atoms with Gasteiger partial charge in [0, 0.05) is 5.92 Å². The molecular formula is C15H17BrN2O4. The molecule has 1 aromatic rings. The predicted molar refractivity (Wildman–Crippen MR) is 82.4 cm³/mol. The van der Waals surface area contributed by atoms with Crippen LogP contribution in [0.5, 0.6) is 0 Å². The number of pyridine rings is 1. The molecule has 1 fully saturated rings. The van der Waals surface area contributed by atoms with Gasteiger partial charge in [-0.05, 0) is 53.7 Å². The third kappa shape index (κ3) is 4.37. The number of carboxylic acids is 1. The maximum atomic E-state index is 12.0. The molecular weight excluding hydrogens is 352 g/mol. The fourth-order valence-electron chi connectivity index (χ4n) is 2.57. The van der Waals surface area contributed by atoms with Gasteiger partial charge in [-0.2, -0.15) is 0 Å². The maximum Gasteiger partial charge on any atom is 0.306 e. The van der Waals surface area contributed by atoms with E-state index in [0.29, 0.717) is 36.0 Å². The Bertz CT molecular complexity index is 583. The van der Waals surface area contributed by atoms with Crippen molar-refractivity contribution in [3.05, 3.63) is 28.5 Å². The second-order valence-electron chi connectivity index (χ2n) is 5.37. The van der Waals surface area contributed by atoms with Crippen LogP contribution in [-0.2, 0) is 9.59 Å². The number of amides is 1. The Balaban J connectivity index is 1.81. The van der Waals surface area contributed by atoms with Gasteiger partial charge in [0.1, 0.15) is 10.3 Å². The Morgan fingerprint density at radius 3 is 2.41 bits per heavy atom. The third-order valence-corrected chi connectivity index (χ3v) is 4.31. The van der Waals surface area contributed by atoms with Gasteiger partial charge in [0.2, 0.25) is 5.91 Å². The van der Waals surface area contributed by atoms with Crippen LogP contribution in [0.1, 0.15) is 36.2 Å². The molecule has 22 heavy (non-hydrogen) atoms. The molecule has 6 nitrogen and oxygen atoms in total. The minimum absolute atomic E-state index is 0.0961. The van der Waals surface area contributed by atoms with Crippen LogP contribution in [0.4, 0.5) is 0 Å². The van der Waals surface area contributed by atoms with E-state index in [4.69, 9.17) is 5.11 Å². The summed E-state index contributed by atoms with van der Waals surface area (Å²) in [6.07, 6.45) is 2.11. The summed E-state index contributed by atoms with van der Waals surface area (Å²) in [7, 11) is 0. The van der Waals surface area contributed by atoms with Crippen molar-refractivity contribution < 1.29 is 19.5 Å². The molecule has 1 saturated carbocycles. The molecule has 2 rings (SSSR count). The molecule has 1 aliphatic rings. The number of hydrogen-bond donors (Lipinski definition) is 2. The Kier molecular flexibility index (Phi) is 5.65. The van der Waals surface area contributed by atoms with Crippen molar-refractivity contribution in [1.29, 1.82) is 0 Å². The minimum Gasteiger partial charge on any atom is -0.481 e. The Hall–Kier alpha value is -1.76. The first-order valence-corrected chi connectivity index (χ1v) is 7.93. The van der Waals surface area contributed by atoms with Gasteiger partial charge < -0.3 is 10.4 Å². The van der Waals surface area contributed by atoms with Gasteiger partial charge in [-0.1, -0.05) is 6.07 Å². The number of ketones is 1. The number of carboxylic acid groups (broad SMARTS) is 1. The van der Waals surface area contributed by atoms with Crippen molar-refractivity contribution in [1.82, 2.24) is 10.3 Å². The van der Waals surface area contributed by atoms with Crippen LogP contribution in [0.3, 0.4) is 0 Å². The zero-order valence-corrected chi connectivity index (χ0v) is 13.5. The number of nitrogens with zero attached hydrogens (tertiary/aromatic N) is 1. The van der Waals surface area contributed by atoms with E-state index in [0.717, 1.165) is 0 Å². The summed E-state index contributed by atoms with van der Waals surface area (Å²) in [5, 5.41) is 11.6. The zero-order valence-electron chi connectivity index (χ0n) is 11.9. The van der Waals surface area contributed by atoms with Gasteiger partial charge in [0.15, 0.2) is 5.78 Å². The lowest BCUT2D eigenvalue weighted by atomic mass is 9.81. The second-order valence-corrected chi connectivity index (χ2v) is 6.19. The summed E-state index contributed by atoms with van der Waals surface area (Å²) in [5.74, 6) is -1.80. The molecule has 0 saturated heterocycles. The Morgan fingerprint density at radius 2 is 1.82 bits per heavy atom. The number of aliphatic carboxylic acids is 1. The SMILES string of the molecule is O=C(CNC(=O)C1CCC(C(=O)O)CC1)c1cccc(Br)n1. The molecule has 1 amide bonds. The van der Waals surface area contributed by atoms with Crippen molar-refractivity contribution in [3.8, 4) is 0 Å². The van der Waals surface area contributed by atoms with Gasteiger partial charge in [-0.3, -0.25) is 14.4 Å². The summed E-state index contributed by atoms with van der Waals surface area (Å²) in [5.41, 5.74) is 0.296. The van der Waals surface area contributed by atoms with Gasteiger partial charge in [-0.25, -0.2) is 4.98 Å². The number of carbonyl (C=O) groups excluding carboxylic acids is 2. The molecule has 0 radical (unpaired) electrons. The summed E-state index contributed by atoms with van der Waals surface area (Å²) >= 11 is 3.19. The average Bonchev–Trinajstić information content (AvgIpc) is 2.52. The highest BCUT2D eigenvalue weighted by Crippen LogP contribution is 2.28. The highest BCUT2D eigenvalue weighted by molar-refractivity contribution is 9.10. The first-order valence-electron chi connectivity index (χ1n) is 7.13. The lowest BCUT2D eigenvalue weighted by Crippen LogP contribution is -2.37. The standard InChI is InChI=1S/C15H17BrN2O4/c16-13-3-1-2-11(18-13)12(19)8-17-14(20)9-4-6-10(7-5-9)15(21)22/h1-3,9-10H,4-8H2,(H,17,20)(H,21,22). The monoisotopic (exact) mass is 368 g/mol. The third-order valence-electron chi connectivity index (χ3n) is 3.87. The van der Waals surface area contributed by atoms with E-state index in [-0.39, 0.29) is 30.1 Å². The van der Waals surface area contributed by atoms with Crippen LogP contribution in [0.15, 0.2) is 22.8 Å². The van der Waals surface area contributed by atoms with E-state index in [1.165, 1.54) is 0 Å². The fourth-order valence-corrected chi connectivity index (χ4v) is 2.91. The average molecular weight is 369 g/mol. The Labute approximate surface area is 136 Å². The Morgan fingerprint density at radius 1 is 1.18 bits per heavy atom. The smallest absolute Gasteiger partial charge is 0.306 e. The van der Waals surface area contributed by atoms with E-state index in [1.54, 1.807) is 18.2 Å². The van der Waals surface area contributed by atoms with Crippen LogP contribution >= 0.6 is 15.9 Å². The van der Waals surface area contributed by atoms with Crippen molar-refractivity contribution in [2.45, 2.75) is 25.7 Å². The van der Waals surface area contributed by atoms with E-state index < -0.39 is 5.97 Å². The topological polar surface area (TPSA) is 96.4 Å². The lowest BCUT2D eigenvalue weighted by Gasteiger charge is -2.25. The predicted octanol–water partition coefficient (Wildman–Crippen LogP) is 2.03. The molecule has 0 bridgehead atoms. The van der Waals surface area contributed by atoms with Gasteiger partial charge in [0.05, 0.1) is 12.5 Å². The molecule has 0 aliphatic heterocycles. The summed E-state index contributed by atoms with van der Waals surface area (Å²) in [6, 6.07) is 5.02. The maximum absolute atomic E-state index is 12.0. The quantitative estimate of drug-likeness (QED) is 0.612. The number of Topliss-reactive ketones (excluding diaryl/α,β-unsaturated/α-hetero) is 1. The van der Waals surface area contributed by atoms with Crippen molar-refractivity contribution in [2.75, 3.05) is 6.54 Å². The van der Waals surface area contributed by atoms with E-state index in [2.05, 4.69) is 26.2 Å². The number of carbonyl (C=O) groups is 3. The van der Waals surface area contributed by atoms with E-state index in [1.807, 2.05) is 0 Å². The first kappa shape index (κ1) is 16.6. The lowest BCUT2D eigenvalue weighted by molar-refractivity contribution is -0.144. The van der Waals surface area contributed by atoms with Crippen molar-refractivity contribution in [2.24, 2.45) is 11.8 Å². The summed E-state index contributed by atoms with van der Waals surface area (Å²) in [4.78, 5) is 38.9. The fraction of sp³-hybridized carbons (Fsp3) is 0.467. The second kappa shape index (κ2) is 7.49. The van der Waals surface area contributed by atoms with E-state index >= 15 is 0 Å². The number of aromatic nitrogens is 1. The molecule has 0 spiro atoms. The molecule has 0 unspecified atom stereocenters. The van der Waals surface area contributed by atoms with Gasteiger partial charge >= 0.3 is 5.97 Å². The van der Waals surface area contributed by atoms with Gasteiger partial charge in [-0.15, -0.1) is 0 Å². The highest BCUT2D eigenvalue weighted by Gasteiger charge is 2.29. The zero-order chi connectivity index (χ0) is 16.1. The number of rotatable bonds is 5. The van der Waals surface area contributed by atoms with Crippen LogP contribution in [0, 0.1) is 11.8 Å². The molecule has 1 aliphatic carbocycles. The van der Waals surface area contributed by atoms with Crippen LogP contribution in [0.25, 0.3) is 0 Å². The number of halogens is 1. The van der Waals surface area contributed by atoms with Crippen molar-refractivity contribution in [3.63, 3.8) is 0 Å².